The average molecular weight is 877 g/mol. The Labute approximate surface area is 372 Å². The lowest BCUT2D eigenvalue weighted by atomic mass is 9.83. The fourth-order valence-corrected chi connectivity index (χ4v) is 10.9. The highest BCUT2D eigenvalue weighted by molar-refractivity contribution is 6.00. The fraction of sp³-hybridized carbons (Fsp3) is 0.367. The molecule has 15 nitrogen and oxygen atoms in total. The number of carbonyl (C=O) groups is 1. The number of benzene rings is 3. The van der Waals surface area contributed by atoms with E-state index in [0.717, 1.165) is 40.3 Å². The van der Waals surface area contributed by atoms with Crippen molar-refractivity contribution in [3.63, 3.8) is 0 Å². The Bertz CT molecular complexity index is 3360. The SMILES string of the molecule is Cc1cc(-n2nc3c(c2-c2cncn(-c4cccc5cnn(C)c45)c2=O)[C@H](C)N(C(=O)c2cc4cc([C@H]5CCOC(C)(C)C5)ccc4n2[C@@]2(c4noc(=O)[nH]4)C[C@@H]2C)CC3)cc(C)c1F. The molecule has 0 radical (unpaired) electrons. The van der Waals surface area contributed by atoms with Crippen molar-refractivity contribution in [1.82, 2.24) is 48.7 Å². The lowest BCUT2D eigenvalue weighted by Crippen LogP contribution is -2.41. The minimum absolute atomic E-state index is 0.0177. The minimum Gasteiger partial charge on any atom is -0.376 e. The first-order valence-corrected chi connectivity index (χ1v) is 22.2. The summed E-state index contributed by atoms with van der Waals surface area (Å²) in [5.41, 5.74) is 5.99. The topological polar surface area (TPSA) is 164 Å². The lowest BCUT2D eigenvalue weighted by Gasteiger charge is -2.35. The number of hydrogen-bond acceptors (Lipinski definition) is 9. The van der Waals surface area contributed by atoms with E-state index in [1.165, 1.54) is 16.5 Å². The maximum Gasteiger partial charge on any atom is 0.438 e. The van der Waals surface area contributed by atoms with Crippen molar-refractivity contribution in [2.75, 3.05) is 13.2 Å². The smallest absolute Gasteiger partial charge is 0.376 e. The number of ether oxygens (including phenoxy) is 1. The van der Waals surface area contributed by atoms with Gasteiger partial charge in [0, 0.05) is 54.7 Å². The molecule has 11 rings (SSSR count). The molecule has 2 fully saturated rings. The summed E-state index contributed by atoms with van der Waals surface area (Å²) in [5, 5.41) is 15.5. The Morgan fingerprint density at radius 3 is 2.49 bits per heavy atom. The molecular formula is C49H49FN10O5. The number of hydrogen-bond donors (Lipinski definition) is 1. The minimum atomic E-state index is -0.836. The second kappa shape index (κ2) is 14.5. The van der Waals surface area contributed by atoms with Crippen molar-refractivity contribution >= 4 is 27.7 Å². The summed E-state index contributed by atoms with van der Waals surface area (Å²) in [6.45, 7) is 12.7. The van der Waals surface area contributed by atoms with Crippen molar-refractivity contribution in [2.24, 2.45) is 13.0 Å². The quantitative estimate of drug-likeness (QED) is 0.170. The van der Waals surface area contributed by atoms with Crippen LogP contribution in [0.1, 0.15) is 103 Å². The van der Waals surface area contributed by atoms with Gasteiger partial charge in [0.2, 0.25) is 0 Å². The highest BCUT2D eigenvalue weighted by Crippen LogP contribution is 2.56. The number of aromatic amines is 1. The molecule has 0 unspecified atom stereocenters. The first-order chi connectivity index (χ1) is 31.1. The van der Waals surface area contributed by atoms with Crippen LogP contribution in [0.2, 0.25) is 0 Å². The predicted octanol–water partition coefficient (Wildman–Crippen LogP) is 7.57. The summed E-state index contributed by atoms with van der Waals surface area (Å²) in [6, 6.07) is 16.9. The van der Waals surface area contributed by atoms with Gasteiger partial charge in [-0.25, -0.2) is 18.9 Å². The van der Waals surface area contributed by atoms with Crippen LogP contribution < -0.4 is 11.3 Å². The maximum absolute atomic E-state index is 15.6. The van der Waals surface area contributed by atoms with Crippen LogP contribution in [-0.4, -0.2) is 73.4 Å². The van der Waals surface area contributed by atoms with E-state index in [1.807, 2.05) is 43.1 Å². The summed E-state index contributed by atoms with van der Waals surface area (Å²) in [5.74, 6) is -0.535. The molecule has 7 heterocycles. The Kier molecular flexibility index (Phi) is 9.13. The summed E-state index contributed by atoms with van der Waals surface area (Å²) in [6.07, 6.45) is 7.56. The second-order valence-corrected chi connectivity index (χ2v) is 18.9. The number of rotatable bonds is 7. The zero-order valence-corrected chi connectivity index (χ0v) is 37.3. The Hall–Kier alpha value is -6.94. The summed E-state index contributed by atoms with van der Waals surface area (Å²) >= 11 is 0. The fourth-order valence-electron chi connectivity index (χ4n) is 10.9. The van der Waals surface area contributed by atoms with Crippen LogP contribution >= 0.6 is 0 Å². The van der Waals surface area contributed by atoms with Crippen LogP contribution in [0.5, 0.6) is 0 Å². The number of amides is 1. The van der Waals surface area contributed by atoms with Gasteiger partial charge in [0.15, 0.2) is 5.82 Å². The van der Waals surface area contributed by atoms with Crippen LogP contribution in [0.15, 0.2) is 87.4 Å². The number of fused-ring (bicyclic) bond motifs is 3. The molecule has 8 aromatic rings. The lowest BCUT2D eigenvalue weighted by molar-refractivity contribution is -0.0592. The van der Waals surface area contributed by atoms with E-state index in [-0.39, 0.29) is 40.3 Å². The molecule has 1 saturated carbocycles. The third kappa shape index (κ3) is 6.27. The van der Waals surface area contributed by atoms with Crippen LogP contribution in [0.4, 0.5) is 4.39 Å². The van der Waals surface area contributed by atoms with E-state index in [0.29, 0.717) is 71.3 Å². The van der Waals surface area contributed by atoms with Gasteiger partial charge in [-0.3, -0.25) is 28.3 Å². The Balaban J connectivity index is 1.08. The number of nitrogens with one attached hydrogen (secondary N) is 1. The molecule has 1 saturated heterocycles. The molecule has 332 valence electrons. The molecule has 2 aliphatic heterocycles. The van der Waals surface area contributed by atoms with Gasteiger partial charge in [-0.15, -0.1) is 0 Å². The summed E-state index contributed by atoms with van der Waals surface area (Å²) in [4.78, 5) is 52.4. The number of halogens is 1. The van der Waals surface area contributed by atoms with E-state index in [4.69, 9.17) is 14.4 Å². The number of carbonyl (C=O) groups excluding carboxylic acids is 1. The molecule has 4 atom stereocenters. The Morgan fingerprint density at radius 1 is 0.985 bits per heavy atom. The third-order valence-electron chi connectivity index (χ3n) is 14.2. The van der Waals surface area contributed by atoms with Gasteiger partial charge in [-0.2, -0.15) is 10.2 Å². The monoisotopic (exact) mass is 876 g/mol. The molecule has 1 aliphatic carbocycles. The van der Waals surface area contributed by atoms with Crippen LogP contribution in [0.3, 0.4) is 0 Å². The molecule has 0 spiro atoms. The van der Waals surface area contributed by atoms with Crippen LogP contribution in [0, 0.1) is 25.6 Å². The van der Waals surface area contributed by atoms with Gasteiger partial charge in [0.1, 0.15) is 23.4 Å². The molecule has 1 N–H and O–H groups in total. The molecule has 0 bridgehead atoms. The van der Waals surface area contributed by atoms with Crippen molar-refractivity contribution in [1.29, 1.82) is 0 Å². The molecule has 1 amide bonds. The molecule has 16 heteroatoms. The van der Waals surface area contributed by atoms with Gasteiger partial charge in [0.25, 0.3) is 11.5 Å². The molecule has 3 aliphatic rings. The number of aromatic nitrogens is 9. The first-order valence-electron chi connectivity index (χ1n) is 22.2. The summed E-state index contributed by atoms with van der Waals surface area (Å²) < 4.78 is 33.3. The zero-order valence-electron chi connectivity index (χ0n) is 37.3. The third-order valence-corrected chi connectivity index (χ3v) is 14.2. The highest BCUT2D eigenvalue weighted by Gasteiger charge is 2.59. The largest absolute Gasteiger partial charge is 0.438 e. The predicted molar refractivity (Wildman–Crippen MR) is 241 cm³/mol. The van der Waals surface area contributed by atoms with Gasteiger partial charge < -0.3 is 14.2 Å². The van der Waals surface area contributed by atoms with Crippen LogP contribution in [0.25, 0.3) is 44.4 Å². The first kappa shape index (κ1) is 40.8. The van der Waals surface area contributed by atoms with Crippen molar-refractivity contribution in [3.05, 3.63) is 140 Å². The van der Waals surface area contributed by atoms with E-state index >= 15 is 14.0 Å². The standard InChI is InChI=1S/C49H49FN10O5/c1-26-17-34(18-27(2)41(26)50)60-43(35-24-51-25-58(44(35)61)38-10-8-9-32-23-52-56(7)42(32)38)40-29(4)57(15-13-36(40)54-60)45(62)39-20-33-19-30(31-14-16-64-48(5,6)22-31)11-12-37(33)59(39)49(21-28(49)3)46-53-47(63)65-55-46/h8-12,17-20,23-25,28-29,31H,13-16,21-22H2,1-7H3,(H,53,55,63)/t28-,29-,31-,49-/m0/s1. The molecule has 5 aromatic heterocycles. The van der Waals surface area contributed by atoms with Gasteiger partial charge >= 0.3 is 5.76 Å². The summed E-state index contributed by atoms with van der Waals surface area (Å²) in [7, 11) is 1.83. The van der Waals surface area contributed by atoms with Crippen LogP contribution in [-0.2, 0) is 23.7 Å². The van der Waals surface area contributed by atoms with Gasteiger partial charge in [0.05, 0.1) is 51.7 Å². The highest BCUT2D eigenvalue weighted by atomic mass is 19.1. The van der Waals surface area contributed by atoms with E-state index < -0.39 is 17.3 Å². The average Bonchev–Trinajstić information content (AvgIpc) is 3.78. The molecule has 65 heavy (non-hydrogen) atoms. The normalized spacial score (nSPS) is 21.6. The molecular weight excluding hydrogens is 828 g/mol. The van der Waals surface area contributed by atoms with Crippen molar-refractivity contribution < 1.29 is 18.4 Å². The van der Waals surface area contributed by atoms with Gasteiger partial charge in [-0.05, 0) is 119 Å². The number of para-hydroxylation sites is 1. The van der Waals surface area contributed by atoms with Crippen molar-refractivity contribution in [2.45, 2.75) is 90.3 Å². The number of nitrogens with zero attached hydrogens (tertiary/aromatic N) is 9. The zero-order chi connectivity index (χ0) is 45.3. The van der Waals surface area contributed by atoms with Gasteiger partial charge in [-0.1, -0.05) is 30.3 Å². The Morgan fingerprint density at radius 2 is 1.77 bits per heavy atom. The maximum atomic E-state index is 15.6. The number of aryl methyl sites for hydroxylation is 3. The van der Waals surface area contributed by atoms with E-state index in [2.05, 4.69) is 63.8 Å². The van der Waals surface area contributed by atoms with Crippen molar-refractivity contribution in [3.8, 4) is 22.6 Å². The van der Waals surface area contributed by atoms with E-state index in [9.17, 15) is 4.79 Å². The second-order valence-electron chi connectivity index (χ2n) is 18.9. The molecule has 3 aromatic carbocycles. The van der Waals surface area contributed by atoms with E-state index in [1.54, 1.807) is 47.7 Å². The number of H-pyrrole nitrogens is 1.